The van der Waals surface area contributed by atoms with Crippen molar-refractivity contribution in [1.82, 2.24) is 10.4 Å². The van der Waals surface area contributed by atoms with Gasteiger partial charge in [0.1, 0.15) is 0 Å². The Labute approximate surface area is 121 Å². The number of aryl methyl sites for hydroxylation is 1. The number of nitrogens with zero attached hydrogens (tertiary/aromatic N) is 1. The molecule has 2 rings (SSSR count). The molecule has 0 spiro atoms. The van der Waals surface area contributed by atoms with E-state index in [-0.39, 0.29) is 12.5 Å². The van der Waals surface area contributed by atoms with Crippen molar-refractivity contribution < 1.29 is 13.2 Å². The number of hydrogen-bond donors (Lipinski definition) is 2. The minimum absolute atomic E-state index is 0.0358. The van der Waals surface area contributed by atoms with Crippen LogP contribution in [0.1, 0.15) is 36.6 Å². The lowest BCUT2D eigenvalue weighted by Gasteiger charge is -2.19. The van der Waals surface area contributed by atoms with E-state index in [1.165, 1.54) is 0 Å². The maximum atomic E-state index is 12.3. The number of para-hydroxylation sites is 1. The predicted octanol–water partition coefficient (Wildman–Crippen LogP) is 3.78. The van der Waals surface area contributed by atoms with Gasteiger partial charge in [-0.25, -0.2) is 0 Å². The highest BCUT2D eigenvalue weighted by molar-refractivity contribution is 5.82. The molecule has 0 fully saturated rings. The molecule has 0 aliphatic heterocycles. The Kier molecular flexibility index (Phi) is 4.80. The molecule has 3 nitrogen and oxygen atoms in total. The van der Waals surface area contributed by atoms with Crippen LogP contribution < -0.4 is 11.3 Å². The number of halogens is 3. The lowest BCUT2D eigenvalue weighted by molar-refractivity contribution is -0.135. The van der Waals surface area contributed by atoms with E-state index in [0.717, 1.165) is 22.2 Å². The van der Waals surface area contributed by atoms with Crippen molar-refractivity contribution >= 4 is 10.9 Å². The number of hydrazine groups is 1. The highest BCUT2D eigenvalue weighted by Gasteiger charge is 2.27. The summed E-state index contributed by atoms with van der Waals surface area (Å²) < 4.78 is 36.8. The third kappa shape index (κ3) is 4.15. The number of aromatic nitrogens is 1. The lowest BCUT2D eigenvalue weighted by atomic mass is 9.97. The van der Waals surface area contributed by atoms with Crippen molar-refractivity contribution in [3.8, 4) is 0 Å². The fourth-order valence-corrected chi connectivity index (χ4v) is 2.46. The second kappa shape index (κ2) is 6.41. The SMILES string of the molecule is Cc1cc(C(CCCC(F)(F)F)NN)c2ccccc2n1. The molecule has 0 aliphatic carbocycles. The Bertz CT molecular complexity index is 611. The average Bonchev–Trinajstić information content (AvgIpc) is 2.41. The molecule has 1 atom stereocenters. The van der Waals surface area contributed by atoms with Gasteiger partial charge in [-0.15, -0.1) is 0 Å². The van der Waals surface area contributed by atoms with Gasteiger partial charge in [0.2, 0.25) is 0 Å². The number of benzene rings is 1. The fraction of sp³-hybridized carbons (Fsp3) is 0.400. The highest BCUT2D eigenvalue weighted by atomic mass is 19.4. The van der Waals surface area contributed by atoms with E-state index >= 15 is 0 Å². The molecule has 3 N–H and O–H groups in total. The van der Waals surface area contributed by atoms with Crippen molar-refractivity contribution in [2.45, 2.75) is 38.4 Å². The van der Waals surface area contributed by atoms with Gasteiger partial charge in [0, 0.05) is 23.5 Å². The first-order valence-corrected chi connectivity index (χ1v) is 6.80. The molecule has 0 saturated carbocycles. The molecule has 1 aromatic carbocycles. The molecular weight excluding hydrogens is 279 g/mol. The maximum absolute atomic E-state index is 12.3. The van der Waals surface area contributed by atoms with E-state index in [1.54, 1.807) is 0 Å². The van der Waals surface area contributed by atoms with Crippen LogP contribution in [0.15, 0.2) is 30.3 Å². The van der Waals surface area contributed by atoms with Crippen LogP contribution in [0.4, 0.5) is 13.2 Å². The van der Waals surface area contributed by atoms with Crippen molar-refractivity contribution in [2.24, 2.45) is 5.84 Å². The Balaban J connectivity index is 2.25. The van der Waals surface area contributed by atoms with E-state index < -0.39 is 12.6 Å². The first kappa shape index (κ1) is 15.7. The third-order valence-corrected chi connectivity index (χ3v) is 3.41. The summed E-state index contributed by atoms with van der Waals surface area (Å²) in [4.78, 5) is 4.42. The van der Waals surface area contributed by atoms with Crippen molar-refractivity contribution in [1.29, 1.82) is 0 Å². The molecule has 6 heteroatoms. The monoisotopic (exact) mass is 297 g/mol. The summed E-state index contributed by atoms with van der Waals surface area (Å²) >= 11 is 0. The number of nitrogens with two attached hydrogens (primary N) is 1. The number of alkyl halides is 3. The standard InChI is InChI=1S/C15H18F3N3/c1-10-9-12(11-5-2-3-6-13(11)20-10)14(21-19)7-4-8-15(16,17)18/h2-3,5-6,9,14,21H,4,7-8,19H2,1H3. The summed E-state index contributed by atoms with van der Waals surface area (Å²) in [5, 5.41) is 0.915. The fourth-order valence-electron chi connectivity index (χ4n) is 2.46. The first-order valence-electron chi connectivity index (χ1n) is 6.80. The molecule has 0 saturated heterocycles. The van der Waals surface area contributed by atoms with E-state index in [4.69, 9.17) is 5.84 Å². The second-order valence-electron chi connectivity index (χ2n) is 5.10. The van der Waals surface area contributed by atoms with Gasteiger partial charge in [-0.05, 0) is 37.5 Å². The van der Waals surface area contributed by atoms with E-state index in [2.05, 4.69) is 10.4 Å². The zero-order valence-corrected chi connectivity index (χ0v) is 11.7. The van der Waals surface area contributed by atoms with Crippen LogP contribution in [0.5, 0.6) is 0 Å². The maximum Gasteiger partial charge on any atom is 0.389 e. The zero-order chi connectivity index (χ0) is 15.5. The van der Waals surface area contributed by atoms with Crippen LogP contribution in [-0.2, 0) is 0 Å². The molecule has 0 radical (unpaired) electrons. The molecule has 21 heavy (non-hydrogen) atoms. The number of pyridine rings is 1. The Morgan fingerprint density at radius 2 is 2.00 bits per heavy atom. The Hall–Kier alpha value is -1.66. The predicted molar refractivity (Wildman–Crippen MR) is 76.5 cm³/mol. The van der Waals surface area contributed by atoms with E-state index in [9.17, 15) is 13.2 Å². The van der Waals surface area contributed by atoms with Gasteiger partial charge >= 0.3 is 6.18 Å². The third-order valence-electron chi connectivity index (χ3n) is 3.41. The Morgan fingerprint density at radius 1 is 1.29 bits per heavy atom. The van der Waals surface area contributed by atoms with Gasteiger partial charge in [-0.1, -0.05) is 18.2 Å². The Morgan fingerprint density at radius 3 is 2.67 bits per heavy atom. The normalized spacial score (nSPS) is 13.6. The van der Waals surface area contributed by atoms with E-state index in [1.807, 2.05) is 37.3 Å². The summed E-state index contributed by atoms with van der Waals surface area (Å²) in [7, 11) is 0. The molecular formula is C15H18F3N3. The van der Waals surface area contributed by atoms with Crippen LogP contribution in [0.2, 0.25) is 0 Å². The van der Waals surface area contributed by atoms with Crippen molar-refractivity contribution in [3.63, 3.8) is 0 Å². The van der Waals surface area contributed by atoms with E-state index in [0.29, 0.717) is 6.42 Å². The second-order valence-corrected chi connectivity index (χ2v) is 5.10. The number of nitrogens with one attached hydrogen (secondary N) is 1. The summed E-state index contributed by atoms with van der Waals surface area (Å²) in [5.74, 6) is 5.54. The van der Waals surface area contributed by atoms with Gasteiger partial charge in [0.15, 0.2) is 0 Å². The molecule has 1 unspecified atom stereocenters. The molecule has 1 heterocycles. The van der Waals surface area contributed by atoms with Crippen molar-refractivity contribution in [2.75, 3.05) is 0 Å². The zero-order valence-electron chi connectivity index (χ0n) is 11.7. The van der Waals surface area contributed by atoms with Gasteiger partial charge in [-0.3, -0.25) is 16.3 Å². The van der Waals surface area contributed by atoms with Crippen LogP contribution in [0.3, 0.4) is 0 Å². The number of fused-ring (bicyclic) bond motifs is 1. The van der Waals surface area contributed by atoms with Crippen LogP contribution in [0.25, 0.3) is 10.9 Å². The van der Waals surface area contributed by atoms with Crippen LogP contribution in [-0.4, -0.2) is 11.2 Å². The van der Waals surface area contributed by atoms with Crippen LogP contribution in [0, 0.1) is 6.92 Å². The largest absolute Gasteiger partial charge is 0.389 e. The van der Waals surface area contributed by atoms with Crippen molar-refractivity contribution in [3.05, 3.63) is 41.6 Å². The van der Waals surface area contributed by atoms with Gasteiger partial charge in [0.25, 0.3) is 0 Å². The summed E-state index contributed by atoms with van der Waals surface area (Å²) in [5.41, 5.74) is 5.16. The van der Waals surface area contributed by atoms with Gasteiger partial charge in [0.05, 0.1) is 5.52 Å². The molecule has 2 aromatic rings. The quantitative estimate of drug-likeness (QED) is 0.652. The van der Waals surface area contributed by atoms with Gasteiger partial charge in [-0.2, -0.15) is 13.2 Å². The average molecular weight is 297 g/mol. The lowest BCUT2D eigenvalue weighted by Crippen LogP contribution is -2.28. The van der Waals surface area contributed by atoms with Crippen LogP contribution >= 0.6 is 0 Å². The molecule has 114 valence electrons. The molecule has 0 amide bonds. The molecule has 1 aromatic heterocycles. The minimum atomic E-state index is -4.13. The van der Waals surface area contributed by atoms with Gasteiger partial charge < -0.3 is 0 Å². The topological polar surface area (TPSA) is 50.9 Å². The molecule has 0 bridgehead atoms. The highest BCUT2D eigenvalue weighted by Crippen LogP contribution is 2.29. The number of rotatable bonds is 5. The summed E-state index contributed by atoms with van der Waals surface area (Å²) in [6.45, 7) is 1.86. The summed E-state index contributed by atoms with van der Waals surface area (Å²) in [6.07, 6.45) is -4.57. The smallest absolute Gasteiger partial charge is 0.271 e. The first-order chi connectivity index (χ1) is 9.90. The minimum Gasteiger partial charge on any atom is -0.271 e. The molecule has 0 aliphatic rings. The number of hydrogen-bond acceptors (Lipinski definition) is 3. The summed E-state index contributed by atoms with van der Waals surface area (Å²) in [6, 6.07) is 9.11.